The van der Waals surface area contributed by atoms with Crippen molar-refractivity contribution in [3.05, 3.63) is 82.7 Å². The Bertz CT molecular complexity index is 1320. The number of nitrogens with zero attached hydrogens (tertiary/aromatic N) is 3. The number of hydrogen-bond donors (Lipinski definition) is 1. The van der Waals surface area contributed by atoms with Gasteiger partial charge in [-0.3, -0.25) is 9.59 Å². The summed E-state index contributed by atoms with van der Waals surface area (Å²) in [7, 11) is 3.20. The molecule has 0 bridgehead atoms. The maximum absolute atomic E-state index is 13.4. The molecule has 1 aliphatic heterocycles. The van der Waals surface area contributed by atoms with Crippen LogP contribution in [-0.4, -0.2) is 36.0 Å². The number of aromatic nitrogens is 2. The predicted molar refractivity (Wildman–Crippen MR) is 129 cm³/mol. The summed E-state index contributed by atoms with van der Waals surface area (Å²) in [5.41, 5.74) is 3.63. The van der Waals surface area contributed by atoms with Crippen molar-refractivity contribution in [2.75, 3.05) is 19.2 Å². The van der Waals surface area contributed by atoms with Gasteiger partial charge in [-0.1, -0.05) is 24.3 Å². The van der Waals surface area contributed by atoms with Gasteiger partial charge in [-0.05, 0) is 49.2 Å². The highest BCUT2D eigenvalue weighted by atomic mass is 16.5. The van der Waals surface area contributed by atoms with Gasteiger partial charge in [-0.25, -0.2) is 10.1 Å². The molecule has 0 radical (unpaired) electrons. The summed E-state index contributed by atoms with van der Waals surface area (Å²) in [5.74, 6) is 1.05. The second-order valence-electron chi connectivity index (χ2n) is 8.21. The molecule has 0 unspecified atom stereocenters. The number of allylic oxidation sites excluding steroid dienone is 2. The third-order valence-electron chi connectivity index (χ3n) is 6.28. The van der Waals surface area contributed by atoms with Gasteiger partial charge >= 0.3 is 0 Å². The zero-order valence-corrected chi connectivity index (χ0v) is 18.9. The first-order valence-electron chi connectivity index (χ1n) is 11.0. The van der Waals surface area contributed by atoms with E-state index in [1.54, 1.807) is 20.3 Å². The van der Waals surface area contributed by atoms with Gasteiger partial charge in [-0.15, -0.1) is 0 Å². The summed E-state index contributed by atoms with van der Waals surface area (Å²) < 4.78 is 10.9. The van der Waals surface area contributed by atoms with Crippen LogP contribution in [0.5, 0.6) is 11.5 Å². The highest BCUT2D eigenvalue weighted by Gasteiger charge is 2.40. The number of methoxy groups -OCH3 is 2. The number of rotatable bonds is 5. The number of carbonyl (C=O) groups is 1. The van der Waals surface area contributed by atoms with Gasteiger partial charge in [0.25, 0.3) is 11.5 Å². The average molecular weight is 457 g/mol. The minimum Gasteiger partial charge on any atom is -0.493 e. The average Bonchev–Trinajstić information content (AvgIpc) is 2.89. The molecule has 0 saturated carbocycles. The molecule has 2 atom stereocenters. The maximum atomic E-state index is 13.4. The SMILES string of the molecule is COc1ccc(C2=NN(c3ccc(-c4ccc(=O)[nH]n4)cc3)C(=O)[C@H]3CC=CC[C@@H]23)cc1OC. The molecule has 0 fully saturated rings. The van der Waals surface area contributed by atoms with Crippen molar-refractivity contribution in [1.29, 1.82) is 0 Å². The van der Waals surface area contributed by atoms with E-state index in [0.29, 0.717) is 29.3 Å². The first-order chi connectivity index (χ1) is 16.6. The van der Waals surface area contributed by atoms with Gasteiger partial charge < -0.3 is 9.47 Å². The molecule has 2 aromatic carbocycles. The molecule has 8 nitrogen and oxygen atoms in total. The van der Waals surface area contributed by atoms with Gasteiger partial charge in [0.15, 0.2) is 11.5 Å². The van der Waals surface area contributed by atoms with Gasteiger partial charge in [0.1, 0.15) is 0 Å². The highest BCUT2D eigenvalue weighted by Crippen LogP contribution is 2.38. The summed E-state index contributed by atoms with van der Waals surface area (Å²) in [5, 5.41) is 12.8. The molecule has 3 aromatic rings. The lowest BCUT2D eigenvalue weighted by atomic mass is 9.76. The fourth-order valence-electron chi connectivity index (χ4n) is 4.51. The first kappa shape index (κ1) is 21.6. The summed E-state index contributed by atoms with van der Waals surface area (Å²) in [6.45, 7) is 0. The standard InChI is InChI=1S/C26H24N4O4/c1-33-22-13-9-17(15-23(22)34-2)25-19-5-3-4-6-20(19)26(32)30(29-25)18-10-7-16(8-11-18)21-12-14-24(31)28-27-21/h3-4,7-15,19-20H,5-6H2,1-2H3,(H,28,31)/t19-,20+/m1/s1. The first-order valence-corrected chi connectivity index (χ1v) is 11.0. The molecule has 0 spiro atoms. The molecule has 34 heavy (non-hydrogen) atoms. The van der Waals surface area contributed by atoms with E-state index in [2.05, 4.69) is 22.3 Å². The number of ether oxygens (including phenoxy) is 2. The second kappa shape index (κ2) is 8.97. The number of benzene rings is 2. The predicted octanol–water partition coefficient (Wildman–Crippen LogP) is 3.79. The lowest BCUT2D eigenvalue weighted by Gasteiger charge is -2.37. The van der Waals surface area contributed by atoms with E-state index in [1.807, 2.05) is 42.5 Å². The number of amides is 1. The van der Waals surface area contributed by atoms with Gasteiger partial charge in [-0.2, -0.15) is 10.2 Å². The molecule has 1 aromatic heterocycles. The molecular weight excluding hydrogens is 432 g/mol. The number of fused-ring (bicyclic) bond motifs is 1. The number of H-pyrrole nitrogens is 1. The second-order valence-corrected chi connectivity index (χ2v) is 8.21. The quantitative estimate of drug-likeness (QED) is 0.590. The number of anilines is 1. The van der Waals surface area contributed by atoms with Crippen LogP contribution in [0.15, 0.2) is 76.6 Å². The topological polar surface area (TPSA) is 96.9 Å². The maximum Gasteiger partial charge on any atom is 0.264 e. The van der Waals surface area contributed by atoms with Gasteiger partial charge in [0.05, 0.1) is 37.2 Å². The molecule has 0 saturated heterocycles. The Morgan fingerprint density at radius 2 is 1.56 bits per heavy atom. The molecule has 8 heteroatoms. The van der Waals surface area contributed by atoms with E-state index in [0.717, 1.165) is 23.3 Å². The van der Waals surface area contributed by atoms with Crippen LogP contribution < -0.4 is 20.0 Å². The molecule has 2 heterocycles. The Labute approximate surface area is 196 Å². The molecule has 1 aliphatic carbocycles. The van der Waals surface area contributed by atoms with Crippen LogP contribution in [0.4, 0.5) is 5.69 Å². The van der Waals surface area contributed by atoms with Crippen LogP contribution >= 0.6 is 0 Å². The lowest BCUT2D eigenvalue weighted by Crippen LogP contribution is -2.45. The smallest absolute Gasteiger partial charge is 0.264 e. The fraction of sp³-hybridized carbons (Fsp3) is 0.231. The number of hydrazone groups is 1. The van der Waals surface area contributed by atoms with Gasteiger partial charge in [0, 0.05) is 23.1 Å². The molecule has 172 valence electrons. The molecule has 1 amide bonds. The van der Waals surface area contributed by atoms with Crippen LogP contribution in [0.3, 0.4) is 0 Å². The van der Waals surface area contributed by atoms with Crippen molar-refractivity contribution in [3.8, 4) is 22.8 Å². The third-order valence-corrected chi connectivity index (χ3v) is 6.28. The Morgan fingerprint density at radius 1 is 0.853 bits per heavy atom. The normalized spacial score (nSPS) is 19.4. The largest absolute Gasteiger partial charge is 0.493 e. The zero-order chi connectivity index (χ0) is 23.7. The zero-order valence-electron chi connectivity index (χ0n) is 18.9. The van der Waals surface area contributed by atoms with Crippen LogP contribution in [0, 0.1) is 11.8 Å². The number of carbonyl (C=O) groups excluding carboxylic acids is 1. The summed E-state index contributed by atoms with van der Waals surface area (Å²) in [4.78, 5) is 24.7. The Hall–Kier alpha value is -4.20. The van der Waals surface area contributed by atoms with E-state index in [-0.39, 0.29) is 23.3 Å². The highest BCUT2D eigenvalue weighted by molar-refractivity contribution is 6.11. The summed E-state index contributed by atoms with van der Waals surface area (Å²) in [6, 6.07) is 16.2. The summed E-state index contributed by atoms with van der Waals surface area (Å²) in [6.07, 6.45) is 5.62. The van der Waals surface area contributed by atoms with Crippen LogP contribution in [-0.2, 0) is 4.79 Å². The van der Waals surface area contributed by atoms with Crippen LogP contribution in [0.1, 0.15) is 18.4 Å². The number of aromatic amines is 1. The van der Waals surface area contributed by atoms with Gasteiger partial charge in [0.2, 0.25) is 0 Å². The van der Waals surface area contributed by atoms with E-state index in [1.165, 1.54) is 11.1 Å². The minimum absolute atomic E-state index is 0.00327. The van der Waals surface area contributed by atoms with Crippen molar-refractivity contribution < 1.29 is 14.3 Å². The summed E-state index contributed by atoms with van der Waals surface area (Å²) >= 11 is 0. The fourth-order valence-corrected chi connectivity index (χ4v) is 4.51. The minimum atomic E-state index is -0.257. The Morgan fingerprint density at radius 3 is 2.24 bits per heavy atom. The van der Waals surface area contributed by atoms with Crippen molar-refractivity contribution in [1.82, 2.24) is 10.2 Å². The van der Waals surface area contributed by atoms with E-state index < -0.39 is 0 Å². The number of nitrogens with one attached hydrogen (secondary N) is 1. The van der Waals surface area contributed by atoms with Crippen molar-refractivity contribution in [2.45, 2.75) is 12.8 Å². The van der Waals surface area contributed by atoms with E-state index >= 15 is 0 Å². The molecule has 1 N–H and O–H groups in total. The monoisotopic (exact) mass is 456 g/mol. The van der Waals surface area contributed by atoms with E-state index in [9.17, 15) is 9.59 Å². The molecule has 2 aliphatic rings. The Kier molecular flexibility index (Phi) is 5.71. The van der Waals surface area contributed by atoms with E-state index in [4.69, 9.17) is 14.6 Å². The number of hydrogen-bond acceptors (Lipinski definition) is 6. The van der Waals surface area contributed by atoms with Crippen molar-refractivity contribution in [2.24, 2.45) is 16.9 Å². The molecular formula is C26H24N4O4. The molecule has 5 rings (SSSR count). The van der Waals surface area contributed by atoms with Crippen LogP contribution in [0.25, 0.3) is 11.3 Å². The van der Waals surface area contributed by atoms with Crippen molar-refractivity contribution >= 4 is 17.3 Å². The Balaban J connectivity index is 1.54. The van der Waals surface area contributed by atoms with Crippen LogP contribution in [0.2, 0.25) is 0 Å². The lowest BCUT2D eigenvalue weighted by molar-refractivity contribution is -0.123. The van der Waals surface area contributed by atoms with Crippen molar-refractivity contribution in [3.63, 3.8) is 0 Å². The third kappa shape index (κ3) is 3.87.